The van der Waals surface area contributed by atoms with Crippen molar-refractivity contribution in [2.45, 2.75) is 38.9 Å². The van der Waals surface area contributed by atoms with Gasteiger partial charge in [0.25, 0.3) is 0 Å². The van der Waals surface area contributed by atoms with Crippen molar-refractivity contribution < 1.29 is 8.42 Å². The third-order valence-electron chi connectivity index (χ3n) is 3.97. The molecule has 6 nitrogen and oxygen atoms in total. The smallest absolute Gasteiger partial charge is 0.194 e. The molecule has 0 unspecified atom stereocenters. The summed E-state index contributed by atoms with van der Waals surface area (Å²) in [4.78, 5) is 11.2. The van der Waals surface area contributed by atoms with Crippen molar-refractivity contribution in [2.75, 3.05) is 31.9 Å². The highest BCUT2D eigenvalue weighted by Gasteiger charge is 2.40. The van der Waals surface area contributed by atoms with Gasteiger partial charge in [-0.25, -0.2) is 13.4 Å². The molecule has 0 spiro atoms. The van der Waals surface area contributed by atoms with E-state index in [2.05, 4.69) is 25.6 Å². The van der Waals surface area contributed by atoms with Crippen molar-refractivity contribution in [3.05, 3.63) is 16.1 Å². The maximum Gasteiger partial charge on any atom is 0.194 e. The maximum absolute atomic E-state index is 12.1. The van der Waals surface area contributed by atoms with Crippen molar-refractivity contribution in [1.82, 2.24) is 15.2 Å². The van der Waals surface area contributed by atoms with Gasteiger partial charge in [-0.05, 0) is 27.7 Å². The molecule has 1 saturated heterocycles. The van der Waals surface area contributed by atoms with Gasteiger partial charge in [-0.2, -0.15) is 0 Å². The molecule has 9 heteroatoms. The highest BCUT2D eigenvalue weighted by molar-refractivity contribution is 14.0. The van der Waals surface area contributed by atoms with Gasteiger partial charge in [0.2, 0.25) is 0 Å². The van der Waals surface area contributed by atoms with E-state index < -0.39 is 14.6 Å². The first kappa shape index (κ1) is 21.6. The van der Waals surface area contributed by atoms with Gasteiger partial charge in [-0.1, -0.05) is 0 Å². The van der Waals surface area contributed by atoms with E-state index >= 15 is 0 Å². The Bertz CT molecular complexity index is 671. The standard InChI is InChI=1S/C15H26N4O2S2.HI/c1-5-16-14(17-7-6-13-10-22-12(2)18-13)19-8-9-23(20,21)15(3,4)11-19;/h10H,5-9,11H2,1-4H3,(H,16,17);1H. The van der Waals surface area contributed by atoms with Crippen LogP contribution in [0, 0.1) is 6.92 Å². The molecular formula is C15H27IN4O2S2. The molecule has 1 aromatic rings. The number of guanidine groups is 1. The van der Waals surface area contributed by atoms with Gasteiger partial charge in [0, 0.05) is 38.0 Å². The Kier molecular flexibility index (Phi) is 7.92. The Morgan fingerprint density at radius 1 is 1.50 bits per heavy atom. The maximum atomic E-state index is 12.1. The molecular weight excluding hydrogens is 459 g/mol. The summed E-state index contributed by atoms with van der Waals surface area (Å²) in [6, 6.07) is 0. The summed E-state index contributed by atoms with van der Waals surface area (Å²) in [5.41, 5.74) is 1.06. The summed E-state index contributed by atoms with van der Waals surface area (Å²) in [7, 11) is -3.04. The molecule has 1 aliphatic heterocycles. The zero-order valence-corrected chi connectivity index (χ0v) is 18.7. The molecule has 2 rings (SSSR count). The zero-order chi connectivity index (χ0) is 17.1. The molecule has 138 valence electrons. The van der Waals surface area contributed by atoms with Gasteiger partial charge in [0.05, 0.1) is 21.2 Å². The van der Waals surface area contributed by atoms with Crippen LogP contribution in [0.1, 0.15) is 31.5 Å². The van der Waals surface area contributed by atoms with Gasteiger partial charge in [-0.3, -0.25) is 4.99 Å². The normalized spacial score (nSPS) is 19.7. The highest BCUT2D eigenvalue weighted by atomic mass is 127. The number of nitrogens with one attached hydrogen (secondary N) is 1. The van der Waals surface area contributed by atoms with Crippen LogP contribution >= 0.6 is 35.3 Å². The van der Waals surface area contributed by atoms with Crippen LogP contribution < -0.4 is 5.32 Å². The third-order valence-corrected chi connectivity index (χ3v) is 7.33. The first-order chi connectivity index (χ1) is 10.7. The van der Waals surface area contributed by atoms with Crippen LogP contribution in [0.3, 0.4) is 0 Å². The van der Waals surface area contributed by atoms with Crippen LogP contribution in [0.15, 0.2) is 10.4 Å². The Labute approximate surface area is 166 Å². The monoisotopic (exact) mass is 486 g/mol. The summed E-state index contributed by atoms with van der Waals surface area (Å²) in [5, 5.41) is 6.40. The molecule has 0 radical (unpaired) electrons. The molecule has 1 aliphatic rings. The lowest BCUT2D eigenvalue weighted by atomic mass is 10.2. The second-order valence-electron chi connectivity index (χ2n) is 6.34. The van der Waals surface area contributed by atoms with E-state index in [0.717, 1.165) is 29.6 Å². The van der Waals surface area contributed by atoms with E-state index in [4.69, 9.17) is 0 Å². The lowest BCUT2D eigenvalue weighted by Gasteiger charge is -2.39. The summed E-state index contributed by atoms with van der Waals surface area (Å²) >= 11 is 1.65. The number of halogens is 1. The number of rotatable bonds is 4. The minimum atomic E-state index is -3.04. The molecule has 2 heterocycles. The predicted molar refractivity (Wildman–Crippen MR) is 111 cm³/mol. The second-order valence-corrected chi connectivity index (χ2v) is 10.1. The number of aryl methyl sites for hydroxylation is 1. The number of aliphatic imine (C=N–C) groups is 1. The zero-order valence-electron chi connectivity index (χ0n) is 14.7. The SMILES string of the molecule is CCNC(=NCCc1csc(C)n1)N1CCS(=O)(=O)C(C)(C)C1.I. The third kappa shape index (κ3) is 5.29. The number of thiazole rings is 1. The van der Waals surface area contributed by atoms with Gasteiger partial charge in [0.1, 0.15) is 0 Å². The fraction of sp³-hybridized carbons (Fsp3) is 0.733. The Morgan fingerprint density at radius 3 is 2.75 bits per heavy atom. The summed E-state index contributed by atoms with van der Waals surface area (Å²) < 4.78 is 23.5. The van der Waals surface area contributed by atoms with Crippen LogP contribution in [0.5, 0.6) is 0 Å². The van der Waals surface area contributed by atoms with Crippen LogP contribution in [0.4, 0.5) is 0 Å². The molecule has 1 aromatic heterocycles. The average molecular weight is 486 g/mol. The topological polar surface area (TPSA) is 74.7 Å². The lowest BCUT2D eigenvalue weighted by molar-refractivity contribution is 0.353. The van der Waals surface area contributed by atoms with E-state index in [9.17, 15) is 8.42 Å². The number of hydrogen-bond donors (Lipinski definition) is 1. The van der Waals surface area contributed by atoms with Gasteiger partial charge in [-0.15, -0.1) is 35.3 Å². The molecule has 0 atom stereocenters. The molecule has 0 amide bonds. The van der Waals surface area contributed by atoms with E-state index in [1.807, 2.05) is 13.8 Å². The average Bonchev–Trinajstić information content (AvgIpc) is 2.87. The molecule has 24 heavy (non-hydrogen) atoms. The quantitative estimate of drug-likeness (QED) is 0.401. The van der Waals surface area contributed by atoms with Gasteiger partial charge in [0.15, 0.2) is 15.8 Å². The van der Waals surface area contributed by atoms with Crippen molar-refractivity contribution in [3.63, 3.8) is 0 Å². The molecule has 0 bridgehead atoms. The second kappa shape index (κ2) is 8.79. The minimum Gasteiger partial charge on any atom is -0.357 e. The van der Waals surface area contributed by atoms with Gasteiger partial charge < -0.3 is 10.2 Å². The van der Waals surface area contributed by atoms with Crippen LogP contribution in [-0.4, -0.2) is 60.9 Å². The van der Waals surface area contributed by atoms with Crippen molar-refractivity contribution in [2.24, 2.45) is 4.99 Å². The first-order valence-electron chi connectivity index (χ1n) is 7.92. The Balaban J connectivity index is 0.00000288. The molecule has 0 aromatic carbocycles. The number of sulfone groups is 1. The lowest BCUT2D eigenvalue weighted by Crippen LogP contribution is -2.57. The molecule has 0 aliphatic carbocycles. The van der Waals surface area contributed by atoms with Crippen LogP contribution in [-0.2, 0) is 16.3 Å². The fourth-order valence-electron chi connectivity index (χ4n) is 2.55. The number of aromatic nitrogens is 1. The van der Waals surface area contributed by atoms with Crippen molar-refractivity contribution >= 4 is 51.1 Å². The Hall–Kier alpha value is -0.420. The van der Waals surface area contributed by atoms with E-state index in [1.165, 1.54) is 0 Å². The Morgan fingerprint density at radius 2 is 2.21 bits per heavy atom. The highest BCUT2D eigenvalue weighted by Crippen LogP contribution is 2.23. The predicted octanol–water partition coefficient (Wildman–Crippen LogP) is 2.09. The summed E-state index contributed by atoms with van der Waals surface area (Å²) in [6.45, 7) is 9.97. The first-order valence-corrected chi connectivity index (χ1v) is 10.4. The summed E-state index contributed by atoms with van der Waals surface area (Å²) in [5.74, 6) is 0.970. The minimum absolute atomic E-state index is 0. The fourth-order valence-corrected chi connectivity index (χ4v) is 4.56. The van der Waals surface area contributed by atoms with E-state index in [1.54, 1.807) is 25.2 Å². The number of hydrogen-bond acceptors (Lipinski definition) is 5. The van der Waals surface area contributed by atoms with E-state index in [-0.39, 0.29) is 29.7 Å². The molecule has 1 fully saturated rings. The van der Waals surface area contributed by atoms with Crippen molar-refractivity contribution in [1.29, 1.82) is 0 Å². The molecule has 0 saturated carbocycles. The van der Waals surface area contributed by atoms with Crippen LogP contribution in [0.25, 0.3) is 0 Å². The van der Waals surface area contributed by atoms with Crippen molar-refractivity contribution in [3.8, 4) is 0 Å². The molecule has 1 N–H and O–H groups in total. The van der Waals surface area contributed by atoms with E-state index in [0.29, 0.717) is 19.6 Å². The summed E-state index contributed by atoms with van der Waals surface area (Å²) in [6.07, 6.45) is 0.800. The number of nitrogens with zero attached hydrogens (tertiary/aromatic N) is 3. The largest absolute Gasteiger partial charge is 0.357 e. The van der Waals surface area contributed by atoms with Crippen LogP contribution in [0.2, 0.25) is 0 Å². The van der Waals surface area contributed by atoms with Gasteiger partial charge >= 0.3 is 0 Å².